The summed E-state index contributed by atoms with van der Waals surface area (Å²) in [6, 6.07) is 15.0. The molecule has 0 fully saturated rings. The first-order valence-electron chi connectivity index (χ1n) is 9.76. The van der Waals surface area contributed by atoms with Crippen molar-refractivity contribution in [2.75, 3.05) is 25.1 Å². The van der Waals surface area contributed by atoms with Gasteiger partial charge in [0.15, 0.2) is 18.1 Å². The Hall–Kier alpha value is -4.07. The molecule has 0 spiro atoms. The first-order valence-corrected chi connectivity index (χ1v) is 9.76. The highest BCUT2D eigenvalue weighted by atomic mass is 16.6. The van der Waals surface area contributed by atoms with Gasteiger partial charge in [-0.2, -0.15) is 5.10 Å². The number of ether oxygens (including phenoxy) is 3. The van der Waals surface area contributed by atoms with Crippen LogP contribution in [0.25, 0.3) is 6.08 Å². The topological polar surface area (TPSA) is 91.7 Å². The van der Waals surface area contributed by atoms with Gasteiger partial charge in [-0.15, -0.1) is 0 Å². The lowest BCUT2D eigenvalue weighted by molar-refractivity contribution is -0.142. The van der Waals surface area contributed by atoms with Crippen molar-refractivity contribution in [3.63, 3.8) is 0 Å². The summed E-state index contributed by atoms with van der Waals surface area (Å²) in [6.45, 7) is 1.19. The fourth-order valence-corrected chi connectivity index (χ4v) is 2.99. The summed E-state index contributed by atoms with van der Waals surface area (Å²) in [4.78, 5) is 23.9. The average molecular weight is 419 g/mol. The molecule has 1 aromatic heterocycles. The normalized spacial score (nSPS) is 12.5. The minimum absolute atomic E-state index is 0.398. The molecule has 1 aliphatic heterocycles. The van der Waals surface area contributed by atoms with Crippen LogP contribution in [-0.2, 0) is 20.9 Å². The third-order valence-corrected chi connectivity index (χ3v) is 4.42. The molecule has 3 aromatic rings. The van der Waals surface area contributed by atoms with E-state index < -0.39 is 18.5 Å². The van der Waals surface area contributed by atoms with Gasteiger partial charge in [0.25, 0.3) is 5.91 Å². The molecular weight excluding hydrogens is 398 g/mol. The number of esters is 1. The Morgan fingerprint density at radius 1 is 1.10 bits per heavy atom. The number of amides is 1. The van der Waals surface area contributed by atoms with E-state index in [1.165, 1.54) is 6.08 Å². The SMILES string of the molecule is O=C(COC(=O)/C=C/c1cnn(Cc2ccccc2)c1)Nc1ccc2c(c1)OCCO2. The van der Waals surface area contributed by atoms with Gasteiger partial charge < -0.3 is 19.5 Å². The number of fused-ring (bicyclic) bond motifs is 1. The number of carbonyl (C=O) groups excluding carboxylic acids is 2. The van der Waals surface area contributed by atoms with E-state index >= 15 is 0 Å². The quantitative estimate of drug-likeness (QED) is 0.468. The standard InChI is InChI=1S/C23H21N3O5/c27-22(25-19-7-8-20-21(12-19)30-11-10-29-20)16-31-23(28)9-6-18-13-24-26(15-18)14-17-4-2-1-3-5-17/h1-9,12-13,15H,10-11,14,16H2,(H,25,27)/b9-6+. The molecule has 158 valence electrons. The van der Waals surface area contributed by atoms with Crippen LogP contribution in [0.2, 0.25) is 0 Å². The predicted octanol–water partition coefficient (Wildman–Crippen LogP) is 2.90. The number of nitrogens with zero attached hydrogens (tertiary/aromatic N) is 2. The van der Waals surface area contributed by atoms with Crippen LogP contribution >= 0.6 is 0 Å². The Morgan fingerprint density at radius 3 is 2.74 bits per heavy atom. The third-order valence-electron chi connectivity index (χ3n) is 4.42. The van der Waals surface area contributed by atoms with Crippen molar-refractivity contribution >= 4 is 23.6 Å². The maximum Gasteiger partial charge on any atom is 0.331 e. The molecule has 31 heavy (non-hydrogen) atoms. The van der Waals surface area contributed by atoms with Crippen LogP contribution in [0.4, 0.5) is 5.69 Å². The van der Waals surface area contributed by atoms with Gasteiger partial charge in [-0.1, -0.05) is 30.3 Å². The van der Waals surface area contributed by atoms with Crippen molar-refractivity contribution < 1.29 is 23.8 Å². The van der Waals surface area contributed by atoms with Gasteiger partial charge in [-0.05, 0) is 23.8 Å². The zero-order valence-electron chi connectivity index (χ0n) is 16.7. The third kappa shape index (κ3) is 5.72. The summed E-state index contributed by atoms with van der Waals surface area (Å²) in [7, 11) is 0. The Morgan fingerprint density at radius 2 is 1.90 bits per heavy atom. The number of rotatable bonds is 7. The van der Waals surface area contributed by atoms with Crippen molar-refractivity contribution in [1.82, 2.24) is 9.78 Å². The van der Waals surface area contributed by atoms with Crippen LogP contribution in [0.1, 0.15) is 11.1 Å². The second-order valence-electron chi connectivity index (χ2n) is 6.80. The lowest BCUT2D eigenvalue weighted by Gasteiger charge is -2.18. The summed E-state index contributed by atoms with van der Waals surface area (Å²) in [5, 5.41) is 6.93. The largest absolute Gasteiger partial charge is 0.486 e. The Bertz CT molecular complexity index is 1090. The van der Waals surface area contributed by atoms with E-state index in [4.69, 9.17) is 14.2 Å². The van der Waals surface area contributed by atoms with Crippen LogP contribution in [0, 0.1) is 0 Å². The summed E-state index contributed by atoms with van der Waals surface area (Å²) in [5.74, 6) is 0.131. The highest BCUT2D eigenvalue weighted by molar-refractivity contribution is 5.94. The molecule has 0 saturated carbocycles. The Labute approximate surface area is 179 Å². The average Bonchev–Trinajstić information content (AvgIpc) is 3.24. The monoisotopic (exact) mass is 419 g/mol. The summed E-state index contributed by atoms with van der Waals surface area (Å²) in [5.41, 5.74) is 2.42. The molecule has 0 atom stereocenters. The summed E-state index contributed by atoms with van der Waals surface area (Å²) in [6.07, 6.45) is 6.34. The zero-order valence-corrected chi connectivity index (χ0v) is 16.7. The molecule has 1 aliphatic rings. The van der Waals surface area contributed by atoms with Crippen LogP contribution in [0.5, 0.6) is 11.5 Å². The summed E-state index contributed by atoms with van der Waals surface area (Å²) < 4.78 is 17.7. The highest BCUT2D eigenvalue weighted by Gasteiger charge is 2.13. The number of carbonyl (C=O) groups is 2. The molecule has 0 saturated heterocycles. The van der Waals surface area contributed by atoms with Crippen molar-refractivity contribution in [3.05, 3.63) is 78.1 Å². The lowest BCUT2D eigenvalue weighted by atomic mass is 10.2. The molecule has 0 bridgehead atoms. The second-order valence-corrected chi connectivity index (χ2v) is 6.80. The fourth-order valence-electron chi connectivity index (χ4n) is 2.99. The molecule has 8 nitrogen and oxygen atoms in total. The molecule has 0 unspecified atom stereocenters. The zero-order chi connectivity index (χ0) is 21.5. The van der Waals surface area contributed by atoms with E-state index in [0.29, 0.717) is 36.9 Å². The molecule has 1 amide bonds. The molecule has 2 heterocycles. The molecule has 0 aliphatic carbocycles. The van der Waals surface area contributed by atoms with Crippen LogP contribution in [0.15, 0.2) is 67.0 Å². The first-order chi connectivity index (χ1) is 15.2. The van der Waals surface area contributed by atoms with E-state index in [9.17, 15) is 9.59 Å². The van der Waals surface area contributed by atoms with E-state index in [0.717, 1.165) is 11.1 Å². The second kappa shape index (κ2) is 9.62. The van der Waals surface area contributed by atoms with E-state index in [-0.39, 0.29) is 0 Å². The molecule has 8 heteroatoms. The number of aromatic nitrogens is 2. The Kier molecular flexibility index (Phi) is 6.27. The number of hydrogen-bond acceptors (Lipinski definition) is 6. The number of nitrogens with one attached hydrogen (secondary N) is 1. The van der Waals surface area contributed by atoms with Gasteiger partial charge in [0.1, 0.15) is 13.2 Å². The smallest absolute Gasteiger partial charge is 0.331 e. The number of benzene rings is 2. The van der Waals surface area contributed by atoms with Crippen molar-refractivity contribution in [3.8, 4) is 11.5 Å². The van der Waals surface area contributed by atoms with Gasteiger partial charge >= 0.3 is 5.97 Å². The van der Waals surface area contributed by atoms with Crippen molar-refractivity contribution in [1.29, 1.82) is 0 Å². The van der Waals surface area contributed by atoms with E-state index in [2.05, 4.69) is 10.4 Å². The minimum Gasteiger partial charge on any atom is -0.486 e. The Balaban J connectivity index is 1.23. The van der Waals surface area contributed by atoms with E-state index in [1.54, 1.807) is 35.2 Å². The minimum atomic E-state index is -0.617. The first kappa shape index (κ1) is 20.2. The van der Waals surface area contributed by atoms with Crippen LogP contribution in [-0.4, -0.2) is 41.5 Å². The maximum absolute atomic E-state index is 12.0. The summed E-state index contributed by atoms with van der Waals surface area (Å²) >= 11 is 0. The van der Waals surface area contributed by atoms with Gasteiger partial charge in [0, 0.05) is 29.6 Å². The predicted molar refractivity (Wildman–Crippen MR) is 114 cm³/mol. The van der Waals surface area contributed by atoms with Crippen molar-refractivity contribution in [2.45, 2.75) is 6.54 Å². The lowest BCUT2D eigenvalue weighted by Crippen LogP contribution is -2.20. The van der Waals surface area contributed by atoms with E-state index in [1.807, 2.05) is 36.5 Å². The van der Waals surface area contributed by atoms with Gasteiger partial charge in [-0.25, -0.2) is 4.79 Å². The number of hydrogen-bond donors (Lipinski definition) is 1. The van der Waals surface area contributed by atoms with Crippen LogP contribution in [0.3, 0.4) is 0 Å². The number of anilines is 1. The fraction of sp³-hybridized carbons (Fsp3) is 0.174. The van der Waals surface area contributed by atoms with Crippen molar-refractivity contribution in [2.24, 2.45) is 0 Å². The van der Waals surface area contributed by atoms with Gasteiger partial charge in [0.2, 0.25) is 0 Å². The molecule has 0 radical (unpaired) electrons. The molecule has 1 N–H and O–H groups in total. The van der Waals surface area contributed by atoms with Gasteiger partial charge in [0.05, 0.1) is 12.7 Å². The molecular formula is C23H21N3O5. The highest BCUT2D eigenvalue weighted by Crippen LogP contribution is 2.32. The maximum atomic E-state index is 12.0. The molecule has 4 rings (SSSR count). The van der Waals surface area contributed by atoms with Gasteiger partial charge in [-0.3, -0.25) is 9.48 Å². The van der Waals surface area contributed by atoms with Crippen LogP contribution < -0.4 is 14.8 Å². The molecule has 2 aromatic carbocycles.